The second-order valence-corrected chi connectivity index (χ2v) is 8.39. The van der Waals surface area contributed by atoms with Gasteiger partial charge in [-0.25, -0.2) is 15.4 Å². The third-order valence-electron chi connectivity index (χ3n) is 6.09. The number of hydrogen-bond donors (Lipinski definition) is 2. The van der Waals surface area contributed by atoms with Gasteiger partial charge in [-0.3, -0.25) is 4.90 Å². The van der Waals surface area contributed by atoms with Gasteiger partial charge in [0.2, 0.25) is 0 Å². The van der Waals surface area contributed by atoms with Crippen molar-refractivity contribution < 1.29 is 9.47 Å². The highest BCUT2D eigenvalue weighted by atomic mass is 16.5. The van der Waals surface area contributed by atoms with Gasteiger partial charge < -0.3 is 19.8 Å². The van der Waals surface area contributed by atoms with E-state index in [2.05, 4.69) is 42.8 Å². The number of aromatic nitrogens is 2. The van der Waals surface area contributed by atoms with Crippen molar-refractivity contribution in [3.63, 3.8) is 0 Å². The monoisotopic (exact) mass is 410 g/mol. The van der Waals surface area contributed by atoms with Gasteiger partial charge in [0.05, 0.1) is 24.0 Å². The summed E-state index contributed by atoms with van der Waals surface area (Å²) in [7, 11) is 1.69. The van der Waals surface area contributed by atoms with Crippen molar-refractivity contribution in [2.45, 2.75) is 38.0 Å². The Morgan fingerprint density at radius 3 is 2.73 bits per heavy atom. The molecule has 3 heterocycles. The lowest BCUT2D eigenvalue weighted by molar-refractivity contribution is 0.0920. The predicted molar refractivity (Wildman–Crippen MR) is 116 cm³/mol. The fraction of sp³-hybridized carbons (Fsp3) is 0.545. The zero-order valence-electron chi connectivity index (χ0n) is 17.7. The summed E-state index contributed by atoms with van der Waals surface area (Å²) in [6.07, 6.45) is 4.41. The Hall–Kier alpha value is -2.42. The number of anilines is 2. The van der Waals surface area contributed by atoms with E-state index in [1.807, 2.05) is 19.1 Å². The molecule has 1 saturated heterocycles. The zero-order chi connectivity index (χ0) is 20.5. The van der Waals surface area contributed by atoms with Crippen molar-refractivity contribution in [3.8, 4) is 5.75 Å². The number of methoxy groups -OCH3 is 1. The van der Waals surface area contributed by atoms with E-state index in [0.717, 1.165) is 60.7 Å². The lowest BCUT2D eigenvalue weighted by Crippen LogP contribution is -2.47. The largest absolute Gasteiger partial charge is 0.488 e. The molecule has 0 bridgehead atoms. The van der Waals surface area contributed by atoms with E-state index in [-0.39, 0.29) is 12.1 Å². The summed E-state index contributed by atoms with van der Waals surface area (Å²) < 4.78 is 11.2. The molecule has 8 heteroatoms. The molecule has 1 saturated carbocycles. The Balaban J connectivity index is 1.32. The molecule has 3 aliphatic rings. The van der Waals surface area contributed by atoms with Crippen LogP contribution < -0.4 is 20.5 Å². The molecule has 2 aromatic rings. The molecule has 1 aromatic carbocycles. The van der Waals surface area contributed by atoms with E-state index in [4.69, 9.17) is 9.47 Å². The number of hydrazine groups is 1. The molecule has 30 heavy (non-hydrogen) atoms. The van der Waals surface area contributed by atoms with Gasteiger partial charge in [0.25, 0.3) is 0 Å². The van der Waals surface area contributed by atoms with Crippen LogP contribution in [0.15, 0.2) is 30.6 Å². The summed E-state index contributed by atoms with van der Waals surface area (Å²) >= 11 is 0. The molecule has 0 radical (unpaired) electrons. The summed E-state index contributed by atoms with van der Waals surface area (Å²) in [5.74, 6) is 1.84. The lowest BCUT2D eigenvalue weighted by atomic mass is 10.0. The van der Waals surface area contributed by atoms with E-state index < -0.39 is 0 Å². The Morgan fingerprint density at radius 1 is 1.13 bits per heavy atom. The molecule has 0 amide bonds. The topological polar surface area (TPSA) is 74.8 Å². The van der Waals surface area contributed by atoms with Gasteiger partial charge in [0, 0.05) is 51.0 Å². The van der Waals surface area contributed by atoms with Gasteiger partial charge in [0.1, 0.15) is 24.0 Å². The maximum absolute atomic E-state index is 5.99. The number of fused-ring (bicyclic) bond motifs is 1. The fourth-order valence-corrected chi connectivity index (χ4v) is 4.38. The van der Waals surface area contributed by atoms with Crippen molar-refractivity contribution in [1.29, 1.82) is 0 Å². The minimum Gasteiger partial charge on any atom is -0.488 e. The Labute approximate surface area is 177 Å². The van der Waals surface area contributed by atoms with Crippen LogP contribution in [-0.2, 0) is 4.74 Å². The molecule has 2 fully saturated rings. The molecule has 8 nitrogen and oxygen atoms in total. The highest BCUT2D eigenvalue weighted by Crippen LogP contribution is 2.36. The second-order valence-electron chi connectivity index (χ2n) is 8.39. The molecule has 2 N–H and O–H groups in total. The maximum Gasteiger partial charge on any atom is 0.132 e. The highest BCUT2D eigenvalue weighted by Gasteiger charge is 2.32. The molecule has 2 atom stereocenters. The van der Waals surface area contributed by atoms with Crippen LogP contribution in [0.2, 0.25) is 0 Å². The summed E-state index contributed by atoms with van der Waals surface area (Å²) in [6, 6.07) is 9.00. The van der Waals surface area contributed by atoms with E-state index in [1.165, 1.54) is 12.8 Å². The van der Waals surface area contributed by atoms with Crippen LogP contribution >= 0.6 is 0 Å². The first kappa shape index (κ1) is 19.5. The van der Waals surface area contributed by atoms with E-state index in [1.54, 1.807) is 13.4 Å². The molecular weight excluding hydrogens is 380 g/mol. The van der Waals surface area contributed by atoms with Crippen LogP contribution in [-0.4, -0.2) is 66.9 Å². The summed E-state index contributed by atoms with van der Waals surface area (Å²) in [4.78, 5) is 14.1. The lowest BCUT2D eigenvalue weighted by Gasteiger charge is -2.35. The third kappa shape index (κ3) is 4.08. The zero-order valence-corrected chi connectivity index (χ0v) is 17.7. The van der Waals surface area contributed by atoms with Gasteiger partial charge in [-0.15, -0.1) is 0 Å². The first-order valence-electron chi connectivity index (χ1n) is 10.8. The normalized spacial score (nSPS) is 22.5. The number of piperazine rings is 1. The van der Waals surface area contributed by atoms with Crippen molar-refractivity contribution in [2.75, 3.05) is 50.2 Å². The van der Waals surface area contributed by atoms with Crippen molar-refractivity contribution in [1.82, 2.24) is 20.3 Å². The van der Waals surface area contributed by atoms with Crippen LogP contribution in [0.5, 0.6) is 5.75 Å². The van der Waals surface area contributed by atoms with E-state index >= 15 is 0 Å². The smallest absolute Gasteiger partial charge is 0.132 e. The van der Waals surface area contributed by atoms with Gasteiger partial charge in [-0.1, -0.05) is 0 Å². The minimum atomic E-state index is -0.0456. The quantitative estimate of drug-likeness (QED) is 0.720. The van der Waals surface area contributed by atoms with Gasteiger partial charge in [-0.05, 0) is 38.0 Å². The standard InChI is InChI=1S/C22H30N6O2/c1-15(13-29-2)30-17-5-6-19-18(11-17)22(26-25-19)20-12-21(24-14-23-20)28-9-7-27(8-10-28)16-3-4-16/h5-6,11-12,14-16,22,25-26H,3-4,7-10,13H2,1-2H3/t15-,22+/m0/s1. The van der Waals surface area contributed by atoms with E-state index in [9.17, 15) is 0 Å². The minimum absolute atomic E-state index is 0.00576. The molecule has 1 aliphatic carbocycles. The summed E-state index contributed by atoms with van der Waals surface area (Å²) in [5.41, 5.74) is 9.75. The molecule has 0 unspecified atom stereocenters. The van der Waals surface area contributed by atoms with Crippen LogP contribution in [0.4, 0.5) is 11.5 Å². The number of nitrogens with zero attached hydrogens (tertiary/aromatic N) is 4. The summed E-state index contributed by atoms with van der Waals surface area (Å²) in [5, 5.41) is 0. The average molecular weight is 411 g/mol. The number of ether oxygens (including phenoxy) is 2. The molecule has 160 valence electrons. The van der Waals surface area contributed by atoms with Crippen LogP contribution in [0.25, 0.3) is 0 Å². The first-order chi connectivity index (χ1) is 14.7. The predicted octanol–water partition coefficient (Wildman–Crippen LogP) is 2.19. The molecule has 2 aliphatic heterocycles. The molecular formula is C22H30N6O2. The molecule has 5 rings (SSSR count). The number of rotatable bonds is 7. The first-order valence-corrected chi connectivity index (χ1v) is 10.8. The van der Waals surface area contributed by atoms with Crippen molar-refractivity contribution in [3.05, 3.63) is 41.9 Å². The molecule has 0 spiro atoms. The number of nitrogens with one attached hydrogen (secondary N) is 2. The highest BCUT2D eigenvalue weighted by molar-refractivity contribution is 5.61. The third-order valence-corrected chi connectivity index (χ3v) is 6.09. The van der Waals surface area contributed by atoms with Crippen molar-refractivity contribution >= 4 is 11.5 Å². The van der Waals surface area contributed by atoms with E-state index in [0.29, 0.717) is 6.61 Å². The maximum atomic E-state index is 5.99. The SMILES string of the molecule is COC[C@H](C)Oc1ccc2c(c1)[C@H](c1cc(N3CCN(C4CC4)CC3)ncn1)NN2. The van der Waals surface area contributed by atoms with Crippen LogP contribution in [0.3, 0.4) is 0 Å². The Bertz CT molecular complexity index is 882. The van der Waals surface area contributed by atoms with Gasteiger partial charge in [-0.2, -0.15) is 0 Å². The van der Waals surface area contributed by atoms with Crippen LogP contribution in [0.1, 0.15) is 37.1 Å². The average Bonchev–Trinajstić information content (AvgIpc) is 3.54. The Kier molecular flexibility index (Phi) is 5.45. The number of hydrogen-bond acceptors (Lipinski definition) is 8. The van der Waals surface area contributed by atoms with Gasteiger partial charge in [0.15, 0.2) is 0 Å². The van der Waals surface area contributed by atoms with Crippen LogP contribution in [0, 0.1) is 0 Å². The number of benzene rings is 1. The van der Waals surface area contributed by atoms with Gasteiger partial charge >= 0.3 is 0 Å². The fourth-order valence-electron chi connectivity index (χ4n) is 4.38. The Morgan fingerprint density at radius 2 is 1.97 bits per heavy atom. The second kappa shape index (κ2) is 8.37. The van der Waals surface area contributed by atoms with Crippen molar-refractivity contribution in [2.24, 2.45) is 0 Å². The summed E-state index contributed by atoms with van der Waals surface area (Å²) in [6.45, 7) is 6.85. The molecule has 1 aromatic heterocycles.